The van der Waals surface area contributed by atoms with Crippen LogP contribution in [0.3, 0.4) is 0 Å². The first-order valence-electron chi connectivity index (χ1n) is 41.1. The van der Waals surface area contributed by atoms with Gasteiger partial charge in [0, 0.05) is 25.7 Å². The van der Waals surface area contributed by atoms with E-state index < -0.39 is 97.5 Å². The van der Waals surface area contributed by atoms with E-state index in [2.05, 4.69) is 174 Å². The third kappa shape index (κ3) is 77.1. The summed E-state index contributed by atoms with van der Waals surface area (Å²) < 4.78 is 68.7. The predicted molar refractivity (Wildman–Crippen MR) is 436 cm³/mol. The second-order valence-electron chi connectivity index (χ2n) is 26.9. The van der Waals surface area contributed by atoms with Crippen molar-refractivity contribution in [3.8, 4) is 0 Å². The summed E-state index contributed by atoms with van der Waals surface area (Å²) in [6, 6.07) is 0. The van der Waals surface area contributed by atoms with Crippen molar-refractivity contribution in [2.45, 2.75) is 341 Å². The van der Waals surface area contributed by atoms with Crippen molar-refractivity contribution >= 4 is 39.5 Å². The molecule has 17 nitrogen and oxygen atoms in total. The minimum Gasteiger partial charge on any atom is -0.462 e. The molecule has 0 radical (unpaired) electrons. The maximum absolute atomic E-state index is 13.1. The molecule has 0 aromatic carbocycles. The summed E-state index contributed by atoms with van der Waals surface area (Å²) in [5.74, 6) is -2.25. The number of allylic oxidation sites excluding steroid dienone is 24. The first-order valence-corrected chi connectivity index (χ1v) is 44.1. The van der Waals surface area contributed by atoms with Gasteiger partial charge in [0.15, 0.2) is 12.2 Å². The number of hydrogen-bond donors (Lipinski definition) is 3. The second-order valence-corrected chi connectivity index (χ2v) is 29.8. The number of hydrogen-bond acceptors (Lipinski definition) is 15. The summed E-state index contributed by atoms with van der Waals surface area (Å²) in [5, 5.41) is 10.7. The highest BCUT2D eigenvalue weighted by Gasteiger charge is 2.30. The minimum absolute atomic E-state index is 0.0636. The molecule has 0 heterocycles. The lowest BCUT2D eigenvalue weighted by molar-refractivity contribution is -0.161. The number of phosphoric acid groups is 2. The van der Waals surface area contributed by atoms with Crippen LogP contribution in [0.15, 0.2) is 146 Å². The Morgan fingerprint density at radius 3 is 0.774 bits per heavy atom. The van der Waals surface area contributed by atoms with Crippen LogP contribution in [0.4, 0.5) is 0 Å². The monoisotopic (exact) mass is 1530 g/mol. The number of ether oxygens (including phenoxy) is 4. The fourth-order valence-corrected chi connectivity index (χ4v) is 12.2. The molecule has 5 atom stereocenters. The van der Waals surface area contributed by atoms with Crippen LogP contribution < -0.4 is 0 Å². The Bertz CT molecular complexity index is 2580. The normalized spacial score (nSPS) is 14.6. The predicted octanol–water partition coefficient (Wildman–Crippen LogP) is 24.2. The lowest BCUT2D eigenvalue weighted by atomic mass is 10.1. The molecular weight excluding hydrogens is 1380 g/mol. The number of esters is 4. The van der Waals surface area contributed by atoms with Gasteiger partial charge in [-0.25, -0.2) is 9.13 Å². The van der Waals surface area contributed by atoms with Gasteiger partial charge >= 0.3 is 39.5 Å². The molecule has 0 spiro atoms. The van der Waals surface area contributed by atoms with E-state index >= 15 is 0 Å². The third-order valence-electron chi connectivity index (χ3n) is 16.8. The highest BCUT2D eigenvalue weighted by Crippen LogP contribution is 2.45. The van der Waals surface area contributed by atoms with Gasteiger partial charge in [0.2, 0.25) is 0 Å². The number of rotatable bonds is 76. The van der Waals surface area contributed by atoms with Crippen LogP contribution >= 0.6 is 15.6 Å². The maximum atomic E-state index is 13.1. The van der Waals surface area contributed by atoms with Crippen molar-refractivity contribution in [2.24, 2.45) is 0 Å². The summed E-state index contributed by atoms with van der Waals surface area (Å²) in [6.07, 6.45) is 89.6. The van der Waals surface area contributed by atoms with Crippen LogP contribution in [0, 0.1) is 0 Å². The molecule has 0 saturated carbocycles. The lowest BCUT2D eigenvalue weighted by Gasteiger charge is -2.21. The quantitative estimate of drug-likeness (QED) is 0.0169. The van der Waals surface area contributed by atoms with E-state index in [0.717, 1.165) is 205 Å². The molecule has 0 amide bonds. The number of aliphatic hydroxyl groups is 1. The van der Waals surface area contributed by atoms with Crippen LogP contribution in [-0.2, 0) is 65.4 Å². The Morgan fingerprint density at radius 1 is 0.274 bits per heavy atom. The molecule has 0 aromatic heterocycles. The van der Waals surface area contributed by atoms with Crippen molar-refractivity contribution < 1.29 is 80.2 Å². The first kappa shape index (κ1) is 101. The fraction of sp³-hybridized carbons (Fsp3) is 0.678. The van der Waals surface area contributed by atoms with Gasteiger partial charge in [-0.15, -0.1) is 0 Å². The molecule has 106 heavy (non-hydrogen) atoms. The van der Waals surface area contributed by atoms with E-state index in [1.807, 2.05) is 0 Å². The van der Waals surface area contributed by atoms with Gasteiger partial charge < -0.3 is 33.8 Å². The number of carbonyl (C=O) groups is 4. The maximum Gasteiger partial charge on any atom is 0.472 e. The summed E-state index contributed by atoms with van der Waals surface area (Å²) in [6.45, 7) is 4.48. The molecule has 0 aliphatic carbocycles. The zero-order valence-electron chi connectivity index (χ0n) is 66.3. The van der Waals surface area contributed by atoms with Gasteiger partial charge in [-0.05, 0) is 161 Å². The number of aliphatic hydroxyl groups excluding tert-OH is 1. The molecule has 0 rings (SSSR count). The molecule has 606 valence electrons. The highest BCUT2D eigenvalue weighted by atomic mass is 31.2. The summed E-state index contributed by atoms with van der Waals surface area (Å²) in [4.78, 5) is 73.1. The Morgan fingerprint density at radius 2 is 0.491 bits per heavy atom. The lowest BCUT2D eigenvalue weighted by Crippen LogP contribution is -2.30. The SMILES string of the molecule is CC/C=C\C/C=C\C/C=C\C/C=C\C/C=C\CCCCCC(=O)OCC(COP(=O)(O)OCC(O)COP(=O)(O)OCC(COC(=O)CCCCCCCCC/C=C\C/C=C\C/C=C\CC)OC(=O)CCCCCCC/C=C\CCCCCCCC)OC(=O)CCCCCCC/C=C\C/C=C\C/C=C\CC. The highest BCUT2D eigenvalue weighted by molar-refractivity contribution is 7.47. The van der Waals surface area contributed by atoms with E-state index in [9.17, 15) is 43.2 Å². The molecule has 5 unspecified atom stereocenters. The van der Waals surface area contributed by atoms with E-state index in [0.29, 0.717) is 25.7 Å². The molecular formula is C87H146O17P2. The van der Waals surface area contributed by atoms with E-state index in [1.165, 1.54) is 38.5 Å². The number of phosphoric ester groups is 2. The van der Waals surface area contributed by atoms with Gasteiger partial charge in [-0.3, -0.25) is 37.3 Å². The Hall–Kier alpha value is -5.06. The smallest absolute Gasteiger partial charge is 0.462 e. The number of carbonyl (C=O) groups excluding carboxylic acids is 4. The van der Waals surface area contributed by atoms with Crippen LogP contribution in [-0.4, -0.2) is 96.7 Å². The summed E-state index contributed by atoms with van der Waals surface area (Å²) in [5.41, 5.74) is 0. The minimum atomic E-state index is -5.00. The zero-order chi connectivity index (χ0) is 77.4. The summed E-state index contributed by atoms with van der Waals surface area (Å²) >= 11 is 0. The molecule has 0 bridgehead atoms. The van der Waals surface area contributed by atoms with E-state index in [4.69, 9.17) is 37.0 Å². The van der Waals surface area contributed by atoms with Gasteiger partial charge in [-0.1, -0.05) is 283 Å². The van der Waals surface area contributed by atoms with Gasteiger partial charge in [0.05, 0.1) is 26.4 Å². The average Bonchev–Trinajstić information content (AvgIpc) is 0.909. The molecule has 0 saturated heterocycles. The second kappa shape index (κ2) is 78.1. The standard InChI is InChI=1S/C87H146O17P2/c1-5-9-13-17-21-25-29-33-37-39-40-42-46-48-52-56-60-64-68-72-85(90)98-78-83(104-87(92)74-70-66-62-58-54-50-44-36-32-28-24-20-16-12-8-4)80-102-106(95,96)100-76-81(88)75-99-105(93,94)101-79-82(103-86(91)73-69-65-61-57-53-49-43-35-31-27-23-19-15-11-7-3)77-97-84(89)71-67-63-59-55-51-47-45-41-38-34-30-26-22-18-14-10-6-2/h9-10,12-14,16,21-22,24-26,28,33-38,40,42-44,48,52,81-83,88H,5-8,11,15,17-20,23,27,29-32,39,41,45-47,49-51,53-80H2,1-4H3,(H,93,94)(H,95,96)/b13-9-,14-10-,16-12-,25-21-,26-22-,28-24-,37-33-,38-34-,42-40-,43-35-,44-36-,52-48-. The van der Waals surface area contributed by atoms with Crippen molar-refractivity contribution in [3.05, 3.63) is 146 Å². The largest absolute Gasteiger partial charge is 0.472 e. The van der Waals surface area contributed by atoms with Crippen molar-refractivity contribution in [2.75, 3.05) is 39.6 Å². The number of unbranched alkanes of at least 4 members (excludes halogenated alkanes) is 26. The Labute approximate surface area is 643 Å². The van der Waals surface area contributed by atoms with E-state index in [-0.39, 0.29) is 25.7 Å². The first-order chi connectivity index (χ1) is 51.7. The molecule has 19 heteroatoms. The fourth-order valence-electron chi connectivity index (χ4n) is 10.6. The Balaban J connectivity index is 5.42. The van der Waals surface area contributed by atoms with Crippen LogP contribution in [0.5, 0.6) is 0 Å². The van der Waals surface area contributed by atoms with E-state index in [1.54, 1.807) is 0 Å². The van der Waals surface area contributed by atoms with Crippen LogP contribution in [0.25, 0.3) is 0 Å². The Kier molecular flexibility index (Phi) is 74.3. The molecule has 0 aliphatic heterocycles. The van der Waals surface area contributed by atoms with Crippen LogP contribution in [0.1, 0.15) is 323 Å². The topological polar surface area (TPSA) is 237 Å². The van der Waals surface area contributed by atoms with Crippen molar-refractivity contribution in [3.63, 3.8) is 0 Å². The van der Waals surface area contributed by atoms with Gasteiger partial charge in [0.1, 0.15) is 19.3 Å². The van der Waals surface area contributed by atoms with Crippen molar-refractivity contribution in [1.29, 1.82) is 0 Å². The van der Waals surface area contributed by atoms with Crippen LogP contribution in [0.2, 0.25) is 0 Å². The molecule has 3 N–H and O–H groups in total. The molecule has 0 fully saturated rings. The summed E-state index contributed by atoms with van der Waals surface area (Å²) in [7, 11) is -9.99. The zero-order valence-corrected chi connectivity index (χ0v) is 68.1. The van der Waals surface area contributed by atoms with Gasteiger partial charge in [0.25, 0.3) is 0 Å². The molecule has 0 aliphatic rings. The van der Waals surface area contributed by atoms with Crippen molar-refractivity contribution in [1.82, 2.24) is 0 Å². The average molecular weight is 1530 g/mol. The third-order valence-corrected chi connectivity index (χ3v) is 18.7. The molecule has 0 aromatic rings. The van der Waals surface area contributed by atoms with Gasteiger partial charge in [-0.2, -0.15) is 0 Å².